The van der Waals surface area contributed by atoms with E-state index in [2.05, 4.69) is 0 Å². The van der Waals surface area contributed by atoms with E-state index in [-0.39, 0.29) is 29.4 Å². The Kier molecular flexibility index (Phi) is 5.08. The van der Waals surface area contributed by atoms with Crippen LogP contribution in [-0.4, -0.2) is 54.6 Å². The first kappa shape index (κ1) is 18.6. The van der Waals surface area contributed by atoms with Crippen LogP contribution in [0, 0.1) is 5.92 Å². The number of likely N-dealkylation sites (tertiary alicyclic amines) is 1. The Bertz CT molecular complexity index is 729. The Balaban J connectivity index is 1.52. The van der Waals surface area contributed by atoms with Gasteiger partial charge in [0.25, 0.3) is 5.91 Å². The van der Waals surface area contributed by atoms with E-state index in [0.29, 0.717) is 17.7 Å². The summed E-state index contributed by atoms with van der Waals surface area (Å²) in [6.07, 6.45) is 6.40. The molecule has 0 N–H and O–H groups in total. The Morgan fingerprint density at radius 1 is 1.19 bits per heavy atom. The van der Waals surface area contributed by atoms with E-state index in [0.717, 1.165) is 38.2 Å². The van der Waals surface area contributed by atoms with Crippen LogP contribution in [0.2, 0.25) is 0 Å². The summed E-state index contributed by atoms with van der Waals surface area (Å²) in [7, 11) is 1.77. The third-order valence-electron chi connectivity index (χ3n) is 6.58. The maximum Gasteiger partial charge on any atom is 0.254 e. The van der Waals surface area contributed by atoms with Gasteiger partial charge in [0, 0.05) is 31.4 Å². The topological polar surface area (TPSA) is 55.8 Å². The Morgan fingerprint density at radius 2 is 1.96 bits per heavy atom. The van der Waals surface area contributed by atoms with E-state index in [1.165, 1.54) is 19.8 Å². The summed E-state index contributed by atoms with van der Waals surface area (Å²) in [6, 6.07) is 7.08. The highest BCUT2D eigenvalue weighted by atomic mass is 16.5. The molecule has 0 unspecified atom stereocenters. The van der Waals surface area contributed by atoms with E-state index in [4.69, 9.17) is 9.47 Å². The predicted molar refractivity (Wildman–Crippen MR) is 102 cm³/mol. The van der Waals surface area contributed by atoms with Gasteiger partial charge in [-0.25, -0.2) is 0 Å². The van der Waals surface area contributed by atoms with E-state index >= 15 is 0 Å². The van der Waals surface area contributed by atoms with Gasteiger partial charge < -0.3 is 14.4 Å². The van der Waals surface area contributed by atoms with E-state index in [1.54, 1.807) is 31.4 Å². The average Bonchev–Trinajstić information content (AvgIpc) is 3.45. The van der Waals surface area contributed by atoms with E-state index in [1.807, 2.05) is 4.90 Å². The number of amides is 1. The molecule has 2 aliphatic carbocycles. The molecule has 1 aromatic carbocycles. The maximum absolute atomic E-state index is 13.2. The molecule has 0 bridgehead atoms. The second-order valence-electron chi connectivity index (χ2n) is 8.34. The molecule has 3 aliphatic rings. The maximum atomic E-state index is 13.2. The molecule has 1 heterocycles. The van der Waals surface area contributed by atoms with Crippen LogP contribution in [0.15, 0.2) is 24.3 Å². The number of Topliss-reactive ketones (excluding diaryl/α,β-unsaturated/α-hetero) is 1. The summed E-state index contributed by atoms with van der Waals surface area (Å²) in [6.45, 7) is 3.07. The van der Waals surface area contributed by atoms with Gasteiger partial charge in [-0.3, -0.25) is 9.59 Å². The highest BCUT2D eigenvalue weighted by Gasteiger charge is 2.52. The largest absolute Gasteiger partial charge is 0.378 e. The quantitative estimate of drug-likeness (QED) is 0.719. The lowest BCUT2D eigenvalue weighted by molar-refractivity contribution is -0.0977. The van der Waals surface area contributed by atoms with Gasteiger partial charge in [0.05, 0.1) is 17.7 Å². The van der Waals surface area contributed by atoms with Crippen LogP contribution in [0.1, 0.15) is 66.2 Å². The van der Waals surface area contributed by atoms with Crippen LogP contribution >= 0.6 is 0 Å². The van der Waals surface area contributed by atoms with Gasteiger partial charge in [-0.15, -0.1) is 0 Å². The average molecular weight is 371 g/mol. The summed E-state index contributed by atoms with van der Waals surface area (Å²) in [5, 5.41) is 0. The number of carbonyl (C=O) groups is 2. The number of benzene rings is 1. The molecule has 0 spiro atoms. The molecule has 5 nitrogen and oxygen atoms in total. The molecule has 2 saturated carbocycles. The molecule has 5 heteroatoms. The van der Waals surface area contributed by atoms with Crippen molar-refractivity contribution < 1.29 is 19.1 Å². The van der Waals surface area contributed by atoms with Crippen LogP contribution < -0.4 is 0 Å². The SMILES string of the molecule is CO[C@@]12CC[C@@H](OCC3CC3)C[C@@H]1N(C(=O)c1cccc(C(C)=O)c1)CC2. The molecular weight excluding hydrogens is 342 g/mol. The molecule has 3 fully saturated rings. The zero-order valence-electron chi connectivity index (χ0n) is 16.3. The lowest BCUT2D eigenvalue weighted by atomic mass is 9.79. The molecule has 1 aliphatic heterocycles. The van der Waals surface area contributed by atoms with Crippen LogP contribution in [0.5, 0.6) is 0 Å². The minimum absolute atomic E-state index is 0.00938. The minimum atomic E-state index is -0.257. The Labute approximate surface area is 161 Å². The van der Waals surface area contributed by atoms with Crippen LogP contribution in [-0.2, 0) is 9.47 Å². The molecule has 0 aromatic heterocycles. The molecule has 0 radical (unpaired) electrons. The zero-order chi connectivity index (χ0) is 19.0. The first-order valence-corrected chi connectivity index (χ1v) is 10.1. The molecular formula is C22H29NO4. The second kappa shape index (κ2) is 7.36. The van der Waals surface area contributed by atoms with Gasteiger partial charge >= 0.3 is 0 Å². The van der Waals surface area contributed by atoms with Crippen molar-refractivity contribution >= 4 is 11.7 Å². The van der Waals surface area contributed by atoms with Crippen molar-refractivity contribution in [2.75, 3.05) is 20.3 Å². The summed E-state index contributed by atoms with van der Waals surface area (Å²) in [5.41, 5.74) is 0.899. The summed E-state index contributed by atoms with van der Waals surface area (Å²) in [4.78, 5) is 26.9. The molecule has 146 valence electrons. The molecule has 1 aromatic rings. The van der Waals surface area contributed by atoms with Gasteiger partial charge in [-0.05, 0) is 63.5 Å². The molecule has 1 amide bonds. The lowest BCUT2D eigenvalue weighted by Gasteiger charge is -2.43. The Hall–Kier alpha value is -1.72. The van der Waals surface area contributed by atoms with E-state index < -0.39 is 0 Å². The number of methoxy groups -OCH3 is 1. The zero-order valence-corrected chi connectivity index (χ0v) is 16.3. The van der Waals surface area contributed by atoms with Crippen LogP contribution in [0.3, 0.4) is 0 Å². The number of ketones is 1. The van der Waals surface area contributed by atoms with Crippen molar-refractivity contribution in [3.05, 3.63) is 35.4 Å². The number of rotatable bonds is 6. The normalized spacial score (nSPS) is 30.2. The van der Waals surface area contributed by atoms with Gasteiger partial charge in [0.15, 0.2) is 5.78 Å². The number of nitrogens with zero attached hydrogens (tertiary/aromatic N) is 1. The Morgan fingerprint density at radius 3 is 2.67 bits per heavy atom. The highest BCUT2D eigenvalue weighted by Crippen LogP contribution is 2.44. The van der Waals surface area contributed by atoms with Crippen molar-refractivity contribution in [3.63, 3.8) is 0 Å². The first-order chi connectivity index (χ1) is 13.0. The number of hydrogen-bond acceptors (Lipinski definition) is 4. The third kappa shape index (κ3) is 3.67. The fraction of sp³-hybridized carbons (Fsp3) is 0.636. The highest BCUT2D eigenvalue weighted by molar-refractivity contribution is 5.99. The summed E-state index contributed by atoms with van der Waals surface area (Å²) < 4.78 is 12.1. The van der Waals surface area contributed by atoms with Gasteiger partial charge in [-0.1, -0.05) is 12.1 Å². The standard InChI is InChI=1S/C22H29NO4/c1-15(24)17-4-3-5-18(12-17)21(25)23-11-10-22(26-2)9-8-19(13-20(22)23)27-14-16-6-7-16/h3-5,12,16,19-20H,6-11,13-14H2,1-2H3/t19-,20+,22-/m1/s1. The second-order valence-corrected chi connectivity index (χ2v) is 8.34. The predicted octanol–water partition coefficient (Wildman–Crippen LogP) is 3.47. The number of ether oxygens (including phenoxy) is 2. The molecule has 1 saturated heterocycles. The third-order valence-corrected chi connectivity index (χ3v) is 6.58. The number of fused-ring (bicyclic) bond motifs is 1. The fourth-order valence-corrected chi connectivity index (χ4v) is 4.65. The van der Waals surface area contributed by atoms with Crippen molar-refractivity contribution in [1.29, 1.82) is 0 Å². The van der Waals surface area contributed by atoms with Crippen molar-refractivity contribution in [1.82, 2.24) is 4.90 Å². The molecule has 4 rings (SSSR count). The first-order valence-electron chi connectivity index (χ1n) is 10.1. The number of carbonyl (C=O) groups excluding carboxylic acids is 2. The van der Waals surface area contributed by atoms with E-state index in [9.17, 15) is 9.59 Å². The van der Waals surface area contributed by atoms with Crippen LogP contribution in [0.25, 0.3) is 0 Å². The number of hydrogen-bond donors (Lipinski definition) is 0. The van der Waals surface area contributed by atoms with Crippen molar-refractivity contribution in [2.24, 2.45) is 5.92 Å². The lowest BCUT2D eigenvalue weighted by Crippen LogP contribution is -2.53. The molecule has 3 atom stereocenters. The fourth-order valence-electron chi connectivity index (χ4n) is 4.65. The summed E-state index contributed by atoms with van der Waals surface area (Å²) >= 11 is 0. The van der Waals surface area contributed by atoms with Gasteiger partial charge in [0.1, 0.15) is 0 Å². The molecule has 27 heavy (non-hydrogen) atoms. The minimum Gasteiger partial charge on any atom is -0.378 e. The van der Waals surface area contributed by atoms with Gasteiger partial charge in [-0.2, -0.15) is 0 Å². The monoisotopic (exact) mass is 371 g/mol. The smallest absolute Gasteiger partial charge is 0.254 e. The summed E-state index contributed by atoms with van der Waals surface area (Å²) in [5.74, 6) is 0.711. The van der Waals surface area contributed by atoms with Gasteiger partial charge in [0.2, 0.25) is 0 Å². The van der Waals surface area contributed by atoms with Crippen LogP contribution in [0.4, 0.5) is 0 Å². The van der Waals surface area contributed by atoms with Crippen molar-refractivity contribution in [2.45, 2.75) is 63.2 Å². The van der Waals surface area contributed by atoms with Crippen molar-refractivity contribution in [3.8, 4) is 0 Å².